The van der Waals surface area contributed by atoms with Crippen LogP contribution in [0.4, 0.5) is 5.69 Å². The molecular formula is C12H13ClN4. The molecule has 0 spiro atoms. The van der Waals surface area contributed by atoms with E-state index < -0.39 is 0 Å². The molecule has 2 aromatic rings. The zero-order valence-electron chi connectivity index (χ0n) is 9.31. The van der Waals surface area contributed by atoms with Gasteiger partial charge in [-0.15, -0.1) is 0 Å². The zero-order chi connectivity index (χ0) is 11.7. The molecule has 0 bridgehead atoms. The van der Waals surface area contributed by atoms with E-state index in [4.69, 9.17) is 11.6 Å². The molecule has 1 saturated carbocycles. The lowest BCUT2D eigenvalue weighted by atomic mass is 9.93. The Morgan fingerprint density at radius 1 is 1.35 bits per heavy atom. The van der Waals surface area contributed by atoms with Crippen molar-refractivity contribution in [2.45, 2.75) is 25.3 Å². The Balaban J connectivity index is 1.99. The van der Waals surface area contributed by atoms with Crippen LogP contribution >= 0.6 is 11.6 Å². The number of nitrogens with zero attached hydrogens (tertiary/aromatic N) is 3. The van der Waals surface area contributed by atoms with Crippen LogP contribution in [0.2, 0.25) is 5.02 Å². The maximum atomic E-state index is 6.24. The van der Waals surface area contributed by atoms with Crippen LogP contribution in [0.15, 0.2) is 30.9 Å². The highest BCUT2D eigenvalue weighted by Crippen LogP contribution is 2.31. The van der Waals surface area contributed by atoms with Gasteiger partial charge >= 0.3 is 0 Å². The third kappa shape index (κ3) is 2.00. The summed E-state index contributed by atoms with van der Waals surface area (Å²) in [4.78, 5) is 3.96. The van der Waals surface area contributed by atoms with Crippen molar-refractivity contribution in [3.63, 3.8) is 0 Å². The van der Waals surface area contributed by atoms with Gasteiger partial charge in [-0.1, -0.05) is 17.7 Å². The highest BCUT2D eigenvalue weighted by Gasteiger charge is 2.19. The first kappa shape index (κ1) is 10.6. The van der Waals surface area contributed by atoms with E-state index in [9.17, 15) is 0 Å². The highest BCUT2D eigenvalue weighted by molar-refractivity contribution is 6.33. The smallest absolute Gasteiger partial charge is 0.138 e. The lowest BCUT2D eigenvalue weighted by molar-refractivity contribution is 0.445. The minimum atomic E-state index is 0.565. The van der Waals surface area contributed by atoms with Gasteiger partial charge in [0.2, 0.25) is 0 Å². The van der Waals surface area contributed by atoms with Crippen LogP contribution in [-0.4, -0.2) is 20.8 Å². The van der Waals surface area contributed by atoms with Gasteiger partial charge in [0.1, 0.15) is 18.3 Å². The van der Waals surface area contributed by atoms with Crippen molar-refractivity contribution in [3.05, 3.63) is 35.9 Å². The molecule has 1 fully saturated rings. The molecule has 88 valence electrons. The van der Waals surface area contributed by atoms with Crippen LogP contribution in [0.1, 0.15) is 19.3 Å². The van der Waals surface area contributed by atoms with E-state index in [1.807, 2.05) is 18.2 Å². The van der Waals surface area contributed by atoms with Crippen LogP contribution in [-0.2, 0) is 0 Å². The normalized spacial score (nSPS) is 15.6. The minimum Gasteiger partial charge on any atom is -0.381 e. The molecule has 4 nitrogen and oxygen atoms in total. The van der Waals surface area contributed by atoms with Gasteiger partial charge < -0.3 is 5.32 Å². The SMILES string of the molecule is Clc1cccc(NC2CCC2)c1-n1cncn1. The Hall–Kier alpha value is -1.55. The maximum absolute atomic E-state index is 6.24. The molecule has 1 aromatic carbocycles. The molecule has 0 unspecified atom stereocenters. The lowest BCUT2D eigenvalue weighted by Crippen LogP contribution is -2.27. The number of hydrogen-bond acceptors (Lipinski definition) is 3. The molecule has 3 rings (SSSR count). The largest absolute Gasteiger partial charge is 0.381 e. The summed E-state index contributed by atoms with van der Waals surface area (Å²) in [5.41, 5.74) is 1.89. The van der Waals surface area contributed by atoms with Gasteiger partial charge in [0.25, 0.3) is 0 Å². The van der Waals surface area contributed by atoms with Crippen molar-refractivity contribution in [2.24, 2.45) is 0 Å². The van der Waals surface area contributed by atoms with E-state index in [0.29, 0.717) is 11.1 Å². The predicted molar refractivity (Wildman–Crippen MR) is 67.6 cm³/mol. The number of aromatic nitrogens is 3. The molecule has 0 radical (unpaired) electrons. The first-order valence-corrected chi connectivity index (χ1v) is 6.12. The molecule has 17 heavy (non-hydrogen) atoms. The lowest BCUT2D eigenvalue weighted by Gasteiger charge is -2.28. The van der Waals surface area contributed by atoms with Gasteiger partial charge in [-0.2, -0.15) is 5.10 Å². The van der Waals surface area contributed by atoms with Crippen molar-refractivity contribution >= 4 is 17.3 Å². The molecule has 1 heterocycles. The fraction of sp³-hybridized carbons (Fsp3) is 0.333. The van der Waals surface area contributed by atoms with Gasteiger partial charge in [-0.05, 0) is 31.4 Å². The summed E-state index contributed by atoms with van der Waals surface area (Å²) in [6.45, 7) is 0. The average Bonchev–Trinajstić information content (AvgIpc) is 2.76. The molecule has 1 aromatic heterocycles. The predicted octanol–water partition coefficient (Wildman–Crippen LogP) is 2.89. The second-order valence-electron chi connectivity index (χ2n) is 4.25. The Morgan fingerprint density at radius 2 is 2.24 bits per heavy atom. The first-order valence-electron chi connectivity index (χ1n) is 5.74. The standard InChI is InChI=1S/C12H13ClN4/c13-10-5-2-6-11(16-9-3-1-4-9)12(10)17-8-14-7-15-17/h2,5-9,16H,1,3-4H2. The second kappa shape index (κ2) is 4.37. The third-order valence-corrected chi connectivity index (χ3v) is 3.40. The summed E-state index contributed by atoms with van der Waals surface area (Å²) in [5.74, 6) is 0. The molecule has 0 atom stereocenters. The Bertz CT molecular complexity index is 505. The third-order valence-electron chi connectivity index (χ3n) is 3.10. The van der Waals surface area contributed by atoms with Crippen molar-refractivity contribution in [2.75, 3.05) is 5.32 Å². The number of hydrogen-bond donors (Lipinski definition) is 1. The number of para-hydroxylation sites is 1. The minimum absolute atomic E-state index is 0.565. The summed E-state index contributed by atoms with van der Waals surface area (Å²) in [5, 5.41) is 8.32. The molecule has 1 aliphatic rings. The Labute approximate surface area is 105 Å². The van der Waals surface area contributed by atoms with E-state index in [0.717, 1.165) is 11.4 Å². The number of nitrogens with one attached hydrogen (secondary N) is 1. The summed E-state index contributed by atoms with van der Waals surface area (Å²) in [6, 6.07) is 6.41. The fourth-order valence-electron chi connectivity index (χ4n) is 1.96. The molecule has 5 heteroatoms. The summed E-state index contributed by atoms with van der Waals surface area (Å²) in [6.07, 6.45) is 6.92. The Kier molecular flexibility index (Phi) is 2.73. The van der Waals surface area contributed by atoms with Crippen LogP contribution in [0.3, 0.4) is 0 Å². The average molecular weight is 249 g/mol. The summed E-state index contributed by atoms with van der Waals surface area (Å²) >= 11 is 6.24. The summed E-state index contributed by atoms with van der Waals surface area (Å²) < 4.78 is 1.70. The van der Waals surface area contributed by atoms with E-state index in [-0.39, 0.29) is 0 Å². The molecule has 0 aliphatic heterocycles. The van der Waals surface area contributed by atoms with Crippen molar-refractivity contribution in [3.8, 4) is 5.69 Å². The van der Waals surface area contributed by atoms with Crippen LogP contribution in [0.25, 0.3) is 5.69 Å². The van der Waals surface area contributed by atoms with Crippen LogP contribution < -0.4 is 5.32 Å². The first-order chi connectivity index (χ1) is 8.34. The second-order valence-corrected chi connectivity index (χ2v) is 4.66. The van der Waals surface area contributed by atoms with Crippen LogP contribution in [0, 0.1) is 0 Å². The fourth-order valence-corrected chi connectivity index (χ4v) is 2.22. The van der Waals surface area contributed by atoms with E-state index in [2.05, 4.69) is 15.4 Å². The van der Waals surface area contributed by atoms with E-state index >= 15 is 0 Å². The van der Waals surface area contributed by atoms with Gasteiger partial charge in [0.05, 0.1) is 10.7 Å². The molecule has 0 saturated heterocycles. The zero-order valence-corrected chi connectivity index (χ0v) is 10.1. The quantitative estimate of drug-likeness (QED) is 0.908. The van der Waals surface area contributed by atoms with Crippen LogP contribution in [0.5, 0.6) is 0 Å². The van der Waals surface area contributed by atoms with E-state index in [1.54, 1.807) is 11.0 Å². The molecular weight excluding hydrogens is 236 g/mol. The monoisotopic (exact) mass is 248 g/mol. The number of anilines is 1. The van der Waals surface area contributed by atoms with Gasteiger partial charge in [-0.3, -0.25) is 0 Å². The summed E-state index contributed by atoms with van der Waals surface area (Å²) in [7, 11) is 0. The van der Waals surface area contributed by atoms with Gasteiger partial charge in [0.15, 0.2) is 0 Å². The van der Waals surface area contributed by atoms with Crippen molar-refractivity contribution in [1.29, 1.82) is 0 Å². The molecule has 1 N–H and O–H groups in total. The maximum Gasteiger partial charge on any atom is 0.138 e. The number of halogens is 1. The number of benzene rings is 1. The number of rotatable bonds is 3. The van der Waals surface area contributed by atoms with E-state index in [1.165, 1.54) is 25.6 Å². The van der Waals surface area contributed by atoms with Gasteiger partial charge in [0, 0.05) is 6.04 Å². The van der Waals surface area contributed by atoms with Gasteiger partial charge in [-0.25, -0.2) is 9.67 Å². The molecule has 0 amide bonds. The topological polar surface area (TPSA) is 42.7 Å². The highest BCUT2D eigenvalue weighted by atomic mass is 35.5. The van der Waals surface area contributed by atoms with Crippen molar-refractivity contribution < 1.29 is 0 Å². The van der Waals surface area contributed by atoms with Crippen molar-refractivity contribution in [1.82, 2.24) is 14.8 Å². The molecule has 1 aliphatic carbocycles. The Morgan fingerprint density at radius 3 is 2.88 bits per heavy atom.